The predicted molar refractivity (Wildman–Crippen MR) is 136 cm³/mol. The fourth-order valence-electron chi connectivity index (χ4n) is 3.27. The number of carbonyl (C=O) groups is 1. The van der Waals surface area contributed by atoms with E-state index in [1.165, 1.54) is 11.8 Å². The number of ether oxygens (including phenoxy) is 1. The summed E-state index contributed by atoms with van der Waals surface area (Å²) in [6.07, 6.45) is 0. The van der Waals surface area contributed by atoms with Crippen molar-refractivity contribution < 1.29 is 9.53 Å². The van der Waals surface area contributed by atoms with E-state index in [0.717, 1.165) is 32.7 Å². The molecule has 0 radical (unpaired) electrons. The van der Waals surface area contributed by atoms with Gasteiger partial charge in [0, 0.05) is 15.7 Å². The predicted octanol–water partition coefficient (Wildman–Crippen LogP) is 6.13. The van der Waals surface area contributed by atoms with Crippen molar-refractivity contribution in [1.29, 1.82) is 0 Å². The smallest absolute Gasteiger partial charge is 0.234 e. The van der Waals surface area contributed by atoms with Crippen LogP contribution < -0.4 is 10.1 Å². The maximum atomic E-state index is 12.6. The van der Waals surface area contributed by atoms with Gasteiger partial charge >= 0.3 is 0 Å². The molecule has 0 fully saturated rings. The van der Waals surface area contributed by atoms with Crippen molar-refractivity contribution in [2.24, 2.45) is 0 Å². The van der Waals surface area contributed by atoms with Gasteiger partial charge in [0.25, 0.3) is 0 Å². The summed E-state index contributed by atoms with van der Waals surface area (Å²) < 4.78 is 8.39. The molecular weight excluding hydrogens is 500 g/mol. The topological polar surface area (TPSA) is 69.0 Å². The number of halogens is 1. The Balaban J connectivity index is 1.58. The Bertz CT molecular complexity index is 1240. The largest absolute Gasteiger partial charge is 0.494 e. The second-order valence-corrected chi connectivity index (χ2v) is 9.05. The van der Waals surface area contributed by atoms with Crippen LogP contribution in [-0.2, 0) is 4.79 Å². The lowest BCUT2D eigenvalue weighted by Crippen LogP contribution is -2.15. The molecule has 0 aliphatic heterocycles. The number of nitrogens with zero attached hydrogens (tertiary/aromatic N) is 3. The zero-order valence-electron chi connectivity index (χ0n) is 18.3. The van der Waals surface area contributed by atoms with Crippen LogP contribution in [0.3, 0.4) is 0 Å². The summed E-state index contributed by atoms with van der Waals surface area (Å²) >= 11 is 4.84. The van der Waals surface area contributed by atoms with Crippen LogP contribution in [0.4, 0.5) is 5.69 Å². The zero-order chi connectivity index (χ0) is 23.2. The second kappa shape index (κ2) is 10.7. The number of amides is 1. The maximum absolute atomic E-state index is 12.6. The average molecular weight is 523 g/mol. The van der Waals surface area contributed by atoms with Crippen LogP contribution in [0.1, 0.15) is 12.5 Å². The van der Waals surface area contributed by atoms with Gasteiger partial charge < -0.3 is 10.1 Å². The Morgan fingerprint density at radius 2 is 1.82 bits per heavy atom. The van der Waals surface area contributed by atoms with Gasteiger partial charge in [-0.05, 0) is 71.7 Å². The number of benzene rings is 3. The molecule has 0 saturated carbocycles. The van der Waals surface area contributed by atoms with Gasteiger partial charge in [0.1, 0.15) is 5.75 Å². The van der Waals surface area contributed by atoms with Crippen molar-refractivity contribution in [2.45, 2.75) is 19.0 Å². The minimum atomic E-state index is -0.118. The maximum Gasteiger partial charge on any atom is 0.234 e. The molecule has 1 N–H and O–H groups in total. The number of nitrogens with one attached hydrogen (secondary N) is 1. The standard InChI is InChI=1S/C25H23BrN4O2S/c1-3-32-20-12-10-19(11-13-20)30-24(18-7-5-4-6-8-18)28-29-25(30)33-16-23(31)27-22-14-9-17(2)15-21(22)26/h4-15H,3,16H2,1-2H3,(H,27,31). The molecule has 0 aliphatic rings. The van der Waals surface area contributed by atoms with E-state index in [2.05, 4.69) is 31.4 Å². The summed E-state index contributed by atoms with van der Waals surface area (Å²) in [7, 11) is 0. The number of thioether (sulfide) groups is 1. The van der Waals surface area contributed by atoms with Crippen molar-refractivity contribution in [3.63, 3.8) is 0 Å². The minimum Gasteiger partial charge on any atom is -0.494 e. The lowest BCUT2D eigenvalue weighted by Gasteiger charge is -2.12. The summed E-state index contributed by atoms with van der Waals surface area (Å²) in [6.45, 7) is 4.56. The Hall–Kier alpha value is -3.10. The summed E-state index contributed by atoms with van der Waals surface area (Å²) in [5.74, 6) is 1.59. The van der Waals surface area contributed by atoms with Gasteiger partial charge in [-0.15, -0.1) is 10.2 Å². The number of aryl methyl sites for hydroxylation is 1. The van der Waals surface area contributed by atoms with Gasteiger partial charge in [0.15, 0.2) is 11.0 Å². The van der Waals surface area contributed by atoms with E-state index in [1.54, 1.807) is 0 Å². The van der Waals surface area contributed by atoms with E-state index in [4.69, 9.17) is 4.74 Å². The van der Waals surface area contributed by atoms with Crippen LogP contribution >= 0.6 is 27.7 Å². The van der Waals surface area contributed by atoms with Crippen molar-refractivity contribution >= 4 is 39.3 Å². The number of hydrogen-bond acceptors (Lipinski definition) is 5. The third-order valence-corrected chi connectivity index (χ3v) is 6.39. The SMILES string of the molecule is CCOc1ccc(-n2c(SCC(=O)Nc3ccc(C)cc3Br)nnc2-c2ccccc2)cc1. The Kier molecular flexibility index (Phi) is 7.47. The minimum absolute atomic E-state index is 0.118. The van der Waals surface area contributed by atoms with E-state index < -0.39 is 0 Å². The molecule has 1 amide bonds. The molecule has 0 aliphatic carbocycles. The molecular formula is C25H23BrN4O2S. The Labute approximate surface area is 205 Å². The van der Waals surface area contributed by atoms with Gasteiger partial charge in [0.2, 0.25) is 5.91 Å². The van der Waals surface area contributed by atoms with Crippen LogP contribution in [0.2, 0.25) is 0 Å². The van der Waals surface area contributed by atoms with Gasteiger partial charge in [0.05, 0.1) is 18.0 Å². The van der Waals surface area contributed by atoms with Crippen LogP contribution in [0.15, 0.2) is 82.4 Å². The molecule has 6 nitrogen and oxygen atoms in total. The Morgan fingerprint density at radius 3 is 2.52 bits per heavy atom. The highest BCUT2D eigenvalue weighted by Gasteiger charge is 2.17. The number of rotatable bonds is 8. The summed E-state index contributed by atoms with van der Waals surface area (Å²) in [5.41, 5.74) is 3.69. The van der Waals surface area contributed by atoms with Crippen LogP contribution in [0.25, 0.3) is 17.1 Å². The first-order chi connectivity index (χ1) is 16.0. The zero-order valence-corrected chi connectivity index (χ0v) is 20.7. The van der Waals surface area contributed by atoms with Crippen molar-refractivity contribution in [3.8, 4) is 22.8 Å². The van der Waals surface area contributed by atoms with Crippen LogP contribution in [0.5, 0.6) is 5.75 Å². The van der Waals surface area contributed by atoms with E-state index in [1.807, 2.05) is 91.2 Å². The molecule has 0 saturated heterocycles. The van der Waals surface area contributed by atoms with Gasteiger partial charge in [-0.1, -0.05) is 48.2 Å². The fourth-order valence-corrected chi connectivity index (χ4v) is 4.61. The Morgan fingerprint density at radius 1 is 1.06 bits per heavy atom. The van der Waals surface area contributed by atoms with Crippen LogP contribution in [0, 0.1) is 6.92 Å². The van der Waals surface area contributed by atoms with Gasteiger partial charge in [-0.2, -0.15) is 0 Å². The molecule has 0 bridgehead atoms. The normalized spacial score (nSPS) is 10.8. The first-order valence-corrected chi connectivity index (χ1v) is 12.3. The summed E-state index contributed by atoms with van der Waals surface area (Å²) in [5, 5.41) is 12.4. The molecule has 3 aromatic carbocycles. The molecule has 4 aromatic rings. The van der Waals surface area contributed by atoms with E-state index in [0.29, 0.717) is 17.6 Å². The number of hydrogen-bond donors (Lipinski definition) is 1. The molecule has 168 valence electrons. The van der Waals surface area contributed by atoms with E-state index in [-0.39, 0.29) is 11.7 Å². The molecule has 0 unspecified atom stereocenters. The summed E-state index contributed by atoms with van der Waals surface area (Å²) in [4.78, 5) is 12.6. The fraction of sp³-hybridized carbons (Fsp3) is 0.160. The van der Waals surface area contributed by atoms with E-state index >= 15 is 0 Å². The number of aromatic nitrogens is 3. The molecule has 4 rings (SSSR count). The highest BCUT2D eigenvalue weighted by Crippen LogP contribution is 2.29. The number of anilines is 1. The molecule has 1 aromatic heterocycles. The number of carbonyl (C=O) groups excluding carboxylic acids is 1. The lowest BCUT2D eigenvalue weighted by atomic mass is 10.2. The molecule has 0 atom stereocenters. The van der Waals surface area contributed by atoms with E-state index in [9.17, 15) is 4.79 Å². The third-order valence-electron chi connectivity index (χ3n) is 4.80. The monoisotopic (exact) mass is 522 g/mol. The van der Waals surface area contributed by atoms with Gasteiger partial charge in [-0.25, -0.2) is 0 Å². The highest BCUT2D eigenvalue weighted by molar-refractivity contribution is 9.10. The quantitative estimate of drug-likeness (QED) is 0.281. The summed E-state index contributed by atoms with van der Waals surface area (Å²) in [6, 6.07) is 23.5. The van der Waals surface area contributed by atoms with Crippen molar-refractivity contribution in [2.75, 3.05) is 17.7 Å². The van der Waals surface area contributed by atoms with Gasteiger partial charge in [-0.3, -0.25) is 9.36 Å². The first kappa shape index (κ1) is 23.1. The molecule has 33 heavy (non-hydrogen) atoms. The first-order valence-electron chi connectivity index (χ1n) is 10.5. The molecule has 1 heterocycles. The van der Waals surface area contributed by atoms with Crippen molar-refractivity contribution in [3.05, 3.63) is 82.8 Å². The second-order valence-electron chi connectivity index (χ2n) is 7.25. The molecule has 0 spiro atoms. The lowest BCUT2D eigenvalue weighted by molar-refractivity contribution is -0.113. The van der Waals surface area contributed by atoms with Crippen LogP contribution in [-0.4, -0.2) is 33.0 Å². The van der Waals surface area contributed by atoms with Crippen molar-refractivity contribution in [1.82, 2.24) is 14.8 Å². The average Bonchev–Trinajstić information content (AvgIpc) is 3.25. The third kappa shape index (κ3) is 5.64. The molecule has 8 heteroatoms. The highest BCUT2D eigenvalue weighted by atomic mass is 79.9.